The first kappa shape index (κ1) is 20.0. The summed E-state index contributed by atoms with van der Waals surface area (Å²) >= 11 is 1.53. The molecule has 7 nitrogen and oxygen atoms in total. The molecule has 0 spiro atoms. The normalized spacial score (nSPS) is 11.0. The molecule has 0 saturated heterocycles. The Kier molecular flexibility index (Phi) is 5.71. The van der Waals surface area contributed by atoms with Crippen LogP contribution >= 0.6 is 11.3 Å². The average Bonchev–Trinajstić information content (AvgIpc) is 3.45. The maximum Gasteiger partial charge on any atom is 0.227 e. The number of hydrogen-bond acceptors (Lipinski definition) is 6. The van der Waals surface area contributed by atoms with E-state index in [1.807, 2.05) is 47.4 Å². The van der Waals surface area contributed by atoms with Crippen molar-refractivity contribution in [3.63, 3.8) is 0 Å². The van der Waals surface area contributed by atoms with Crippen molar-refractivity contribution in [3.8, 4) is 10.6 Å². The molecule has 154 valence electrons. The van der Waals surface area contributed by atoms with Gasteiger partial charge < -0.3 is 4.90 Å². The van der Waals surface area contributed by atoms with E-state index in [4.69, 9.17) is 4.98 Å². The molecule has 0 aliphatic heterocycles. The van der Waals surface area contributed by atoms with Crippen LogP contribution in [-0.2, 0) is 26.6 Å². The molecule has 0 amide bonds. The fourth-order valence-electron chi connectivity index (χ4n) is 3.23. The zero-order chi connectivity index (χ0) is 21.1. The Morgan fingerprint density at radius 1 is 1.23 bits per heavy atom. The number of rotatable bonds is 8. The van der Waals surface area contributed by atoms with Crippen molar-refractivity contribution >= 4 is 17.3 Å². The quantitative estimate of drug-likeness (QED) is 0.405. The minimum Gasteiger partial charge on any atom is -0.340 e. The molecule has 0 radical (unpaired) electrons. The fraction of sp³-hybridized carbons (Fsp3) is 0.238. The van der Waals surface area contributed by atoms with E-state index in [9.17, 15) is 4.39 Å². The highest BCUT2D eigenvalue weighted by molar-refractivity contribution is 7.13. The van der Waals surface area contributed by atoms with Crippen molar-refractivity contribution in [1.82, 2.24) is 29.5 Å². The highest BCUT2D eigenvalue weighted by Gasteiger charge is 2.17. The SMILES string of the molecule is C=CCn1c(Cc2csc(-c3ccc(F)cc3)n2)nnc1N(C)Cc1cnn(C)c1. The monoisotopic (exact) mass is 423 g/mol. The second-order valence-corrected chi connectivity index (χ2v) is 7.88. The lowest BCUT2D eigenvalue weighted by Crippen LogP contribution is -2.21. The van der Waals surface area contributed by atoms with Crippen LogP contribution in [0.3, 0.4) is 0 Å². The van der Waals surface area contributed by atoms with Gasteiger partial charge in [0.2, 0.25) is 5.95 Å². The van der Waals surface area contributed by atoms with Crippen molar-refractivity contribution in [2.24, 2.45) is 7.05 Å². The first-order chi connectivity index (χ1) is 14.5. The van der Waals surface area contributed by atoms with E-state index in [-0.39, 0.29) is 5.82 Å². The lowest BCUT2D eigenvalue weighted by molar-refractivity contribution is 0.628. The molecule has 0 aliphatic carbocycles. The number of allylic oxidation sites excluding steroid dienone is 1. The van der Waals surface area contributed by atoms with Crippen LogP contribution in [0.15, 0.2) is 54.7 Å². The van der Waals surface area contributed by atoms with E-state index in [0.717, 1.165) is 33.6 Å². The first-order valence-electron chi connectivity index (χ1n) is 9.45. The summed E-state index contributed by atoms with van der Waals surface area (Å²) in [4.78, 5) is 6.74. The molecule has 4 rings (SSSR count). The minimum absolute atomic E-state index is 0.254. The molecular weight excluding hydrogens is 401 g/mol. The van der Waals surface area contributed by atoms with Crippen molar-refractivity contribution in [2.75, 3.05) is 11.9 Å². The number of nitrogens with zero attached hydrogens (tertiary/aromatic N) is 7. The molecule has 0 unspecified atom stereocenters. The van der Waals surface area contributed by atoms with Gasteiger partial charge in [-0.15, -0.1) is 28.1 Å². The largest absolute Gasteiger partial charge is 0.340 e. The van der Waals surface area contributed by atoms with E-state index in [1.165, 1.54) is 23.5 Å². The Morgan fingerprint density at radius 3 is 2.73 bits per heavy atom. The van der Waals surface area contributed by atoms with Crippen LogP contribution < -0.4 is 4.90 Å². The Balaban J connectivity index is 1.54. The predicted octanol–water partition coefficient (Wildman–Crippen LogP) is 3.69. The lowest BCUT2D eigenvalue weighted by Gasteiger charge is -2.18. The first-order valence-corrected chi connectivity index (χ1v) is 10.3. The summed E-state index contributed by atoms with van der Waals surface area (Å²) in [7, 11) is 3.88. The average molecular weight is 424 g/mol. The number of benzene rings is 1. The standard InChI is InChI=1S/C21H22FN7S/c1-4-9-29-19(25-26-21(29)27(2)12-15-11-23-28(3)13-15)10-18-14-30-20(24-18)16-5-7-17(22)8-6-16/h4-8,11,13-14H,1,9-10,12H2,2-3H3. The second kappa shape index (κ2) is 8.58. The number of hydrogen-bond donors (Lipinski definition) is 0. The van der Waals surface area contributed by atoms with Crippen LogP contribution in [-0.4, -0.2) is 36.6 Å². The molecule has 0 aliphatic rings. The summed E-state index contributed by atoms with van der Waals surface area (Å²) < 4.78 is 17.0. The highest BCUT2D eigenvalue weighted by Crippen LogP contribution is 2.25. The molecule has 3 heterocycles. The van der Waals surface area contributed by atoms with Crippen LogP contribution in [0.4, 0.5) is 10.3 Å². The predicted molar refractivity (Wildman–Crippen MR) is 116 cm³/mol. The van der Waals surface area contributed by atoms with Crippen LogP contribution in [0.2, 0.25) is 0 Å². The van der Waals surface area contributed by atoms with E-state index >= 15 is 0 Å². The summed E-state index contributed by atoms with van der Waals surface area (Å²) in [6.45, 7) is 5.15. The number of anilines is 1. The van der Waals surface area contributed by atoms with Gasteiger partial charge in [-0.05, 0) is 24.3 Å². The molecule has 0 atom stereocenters. The summed E-state index contributed by atoms with van der Waals surface area (Å²) in [5.74, 6) is 1.33. The third-order valence-corrected chi connectivity index (χ3v) is 5.56. The molecule has 3 aromatic heterocycles. The lowest BCUT2D eigenvalue weighted by atomic mass is 10.2. The van der Waals surface area contributed by atoms with Gasteiger partial charge in [-0.25, -0.2) is 9.37 Å². The number of aromatic nitrogens is 6. The van der Waals surface area contributed by atoms with E-state index in [0.29, 0.717) is 19.5 Å². The van der Waals surface area contributed by atoms with Gasteiger partial charge in [0.05, 0.1) is 18.3 Å². The van der Waals surface area contributed by atoms with Crippen molar-refractivity contribution in [2.45, 2.75) is 19.5 Å². The zero-order valence-corrected chi connectivity index (χ0v) is 17.7. The molecular formula is C21H22FN7S. The van der Waals surface area contributed by atoms with Crippen molar-refractivity contribution in [1.29, 1.82) is 0 Å². The van der Waals surface area contributed by atoms with E-state index < -0.39 is 0 Å². The molecule has 0 N–H and O–H groups in total. The van der Waals surface area contributed by atoms with Gasteiger partial charge in [0.1, 0.15) is 16.6 Å². The Labute approximate surface area is 178 Å². The van der Waals surface area contributed by atoms with Crippen molar-refractivity contribution < 1.29 is 4.39 Å². The summed E-state index contributed by atoms with van der Waals surface area (Å²) in [6.07, 6.45) is 6.22. The van der Waals surface area contributed by atoms with Crippen LogP contribution in [0.1, 0.15) is 17.1 Å². The summed E-state index contributed by atoms with van der Waals surface area (Å²) in [5, 5.41) is 15.9. The maximum atomic E-state index is 13.2. The minimum atomic E-state index is -0.254. The Hall–Kier alpha value is -3.33. The van der Waals surface area contributed by atoms with Gasteiger partial charge in [-0.1, -0.05) is 6.08 Å². The number of halogens is 1. The molecule has 4 aromatic rings. The molecule has 0 fully saturated rings. The second-order valence-electron chi connectivity index (χ2n) is 7.02. The van der Waals surface area contributed by atoms with Gasteiger partial charge in [-0.3, -0.25) is 9.25 Å². The van der Waals surface area contributed by atoms with E-state index in [2.05, 4.69) is 21.9 Å². The van der Waals surface area contributed by atoms with Gasteiger partial charge in [0.25, 0.3) is 0 Å². The van der Waals surface area contributed by atoms with Crippen molar-refractivity contribution in [3.05, 3.63) is 77.6 Å². The molecule has 0 saturated carbocycles. The molecule has 0 bridgehead atoms. The highest BCUT2D eigenvalue weighted by atomic mass is 32.1. The van der Waals surface area contributed by atoms with Gasteiger partial charge >= 0.3 is 0 Å². The zero-order valence-electron chi connectivity index (χ0n) is 16.9. The molecule has 9 heteroatoms. The number of aryl methyl sites for hydroxylation is 1. The van der Waals surface area contributed by atoms with E-state index in [1.54, 1.807) is 16.8 Å². The smallest absolute Gasteiger partial charge is 0.227 e. The topological polar surface area (TPSA) is 64.7 Å². The summed E-state index contributed by atoms with van der Waals surface area (Å²) in [6, 6.07) is 6.37. The summed E-state index contributed by atoms with van der Waals surface area (Å²) in [5.41, 5.74) is 2.90. The fourth-order valence-corrected chi connectivity index (χ4v) is 4.05. The van der Waals surface area contributed by atoms with Crippen LogP contribution in [0, 0.1) is 5.82 Å². The number of thiazole rings is 1. The van der Waals surface area contributed by atoms with Gasteiger partial charge in [0.15, 0.2) is 0 Å². The third-order valence-electron chi connectivity index (χ3n) is 4.62. The third kappa shape index (κ3) is 4.30. The Morgan fingerprint density at radius 2 is 2.03 bits per heavy atom. The molecule has 1 aromatic carbocycles. The maximum absolute atomic E-state index is 13.2. The Bertz CT molecular complexity index is 1140. The van der Waals surface area contributed by atoms with Crippen LogP contribution in [0.25, 0.3) is 10.6 Å². The van der Waals surface area contributed by atoms with Gasteiger partial charge in [0, 0.05) is 49.9 Å². The molecule has 30 heavy (non-hydrogen) atoms. The van der Waals surface area contributed by atoms with Crippen LogP contribution in [0.5, 0.6) is 0 Å². The van der Waals surface area contributed by atoms with Gasteiger partial charge in [-0.2, -0.15) is 5.10 Å².